The van der Waals surface area contributed by atoms with Crippen molar-refractivity contribution in [3.8, 4) is 5.75 Å². The van der Waals surface area contributed by atoms with Crippen molar-refractivity contribution in [1.29, 1.82) is 0 Å². The molecule has 4 heteroatoms. The number of nitrogens with one attached hydrogen (secondary N) is 1. The van der Waals surface area contributed by atoms with E-state index in [4.69, 9.17) is 10.5 Å². The molecule has 104 valence electrons. The van der Waals surface area contributed by atoms with Crippen molar-refractivity contribution in [3.63, 3.8) is 0 Å². The van der Waals surface area contributed by atoms with Crippen LogP contribution in [0.15, 0.2) is 12.1 Å². The Bertz CT molecular complexity index is 483. The predicted molar refractivity (Wildman–Crippen MR) is 75.1 cm³/mol. The molecule has 1 aliphatic rings. The maximum atomic E-state index is 11.6. The second kappa shape index (κ2) is 5.61. The topological polar surface area (TPSA) is 64.3 Å². The van der Waals surface area contributed by atoms with Gasteiger partial charge in [-0.1, -0.05) is 24.6 Å². The molecule has 1 aromatic rings. The zero-order valence-electron chi connectivity index (χ0n) is 11.8. The molecule has 2 atom stereocenters. The Kier molecular flexibility index (Phi) is 4.10. The van der Waals surface area contributed by atoms with Crippen molar-refractivity contribution in [3.05, 3.63) is 28.8 Å². The van der Waals surface area contributed by atoms with Crippen LogP contribution in [-0.2, 0) is 4.79 Å². The smallest absolute Gasteiger partial charge is 0.220 e. The van der Waals surface area contributed by atoms with Crippen molar-refractivity contribution >= 4 is 5.91 Å². The molecular weight excluding hydrogens is 240 g/mol. The van der Waals surface area contributed by atoms with Crippen LogP contribution in [-0.4, -0.2) is 12.5 Å². The highest BCUT2D eigenvalue weighted by atomic mass is 16.5. The second-order valence-corrected chi connectivity index (χ2v) is 5.17. The lowest BCUT2D eigenvalue weighted by Gasteiger charge is -2.29. The number of benzene rings is 1. The molecule has 1 heterocycles. The molecule has 2 unspecified atom stereocenters. The van der Waals surface area contributed by atoms with E-state index >= 15 is 0 Å². The average Bonchev–Trinajstić information content (AvgIpc) is 2.38. The number of hydrogen-bond donors (Lipinski definition) is 2. The third-order valence-corrected chi connectivity index (χ3v) is 3.47. The monoisotopic (exact) mass is 262 g/mol. The number of amides is 1. The molecule has 2 rings (SSSR count). The van der Waals surface area contributed by atoms with Crippen LogP contribution in [0.25, 0.3) is 0 Å². The van der Waals surface area contributed by atoms with Crippen molar-refractivity contribution in [1.82, 2.24) is 5.32 Å². The summed E-state index contributed by atoms with van der Waals surface area (Å²) >= 11 is 0. The summed E-state index contributed by atoms with van der Waals surface area (Å²) in [7, 11) is 0. The van der Waals surface area contributed by atoms with Gasteiger partial charge in [0.05, 0.1) is 12.6 Å². The first-order valence-electron chi connectivity index (χ1n) is 6.85. The molecule has 1 aliphatic heterocycles. The molecule has 19 heavy (non-hydrogen) atoms. The summed E-state index contributed by atoms with van der Waals surface area (Å²) < 4.78 is 5.79. The Morgan fingerprint density at radius 2 is 2.32 bits per heavy atom. The highest BCUT2D eigenvalue weighted by Crippen LogP contribution is 2.38. The number of hydrogen-bond acceptors (Lipinski definition) is 3. The van der Waals surface area contributed by atoms with Gasteiger partial charge >= 0.3 is 0 Å². The number of carbonyl (C=O) groups is 1. The van der Waals surface area contributed by atoms with Gasteiger partial charge in [0, 0.05) is 30.0 Å². The fourth-order valence-electron chi connectivity index (χ4n) is 2.47. The van der Waals surface area contributed by atoms with E-state index in [9.17, 15) is 4.79 Å². The first-order chi connectivity index (χ1) is 9.02. The zero-order valence-corrected chi connectivity index (χ0v) is 11.8. The summed E-state index contributed by atoms with van der Waals surface area (Å²) in [6.07, 6.45) is 1.30. The van der Waals surface area contributed by atoms with Gasteiger partial charge in [-0.15, -0.1) is 0 Å². The minimum absolute atomic E-state index is 0.0357. The van der Waals surface area contributed by atoms with E-state index in [-0.39, 0.29) is 18.0 Å². The Morgan fingerprint density at radius 1 is 1.58 bits per heavy atom. The number of fused-ring (bicyclic) bond motifs is 1. The minimum atomic E-state index is -0.0747. The maximum absolute atomic E-state index is 11.6. The van der Waals surface area contributed by atoms with E-state index in [0.717, 1.165) is 28.9 Å². The molecule has 0 spiro atoms. The van der Waals surface area contributed by atoms with E-state index in [1.54, 1.807) is 0 Å². The molecule has 1 amide bonds. The maximum Gasteiger partial charge on any atom is 0.220 e. The molecule has 0 radical (unpaired) electrons. The summed E-state index contributed by atoms with van der Waals surface area (Å²) in [5, 5.41) is 3.06. The Hall–Kier alpha value is -1.55. The first kappa shape index (κ1) is 13.9. The third-order valence-electron chi connectivity index (χ3n) is 3.47. The molecule has 0 saturated heterocycles. The lowest BCUT2D eigenvalue weighted by atomic mass is 9.93. The fourth-order valence-corrected chi connectivity index (χ4v) is 2.47. The molecule has 0 bridgehead atoms. The number of aryl methyl sites for hydroxylation is 1. The number of nitrogens with two attached hydrogens (primary N) is 1. The number of carbonyl (C=O) groups excluding carboxylic acids is 1. The quantitative estimate of drug-likeness (QED) is 0.879. The lowest BCUT2D eigenvalue weighted by Crippen LogP contribution is -2.32. The van der Waals surface area contributed by atoms with Crippen molar-refractivity contribution in [2.24, 2.45) is 5.73 Å². The van der Waals surface area contributed by atoms with Gasteiger partial charge in [0.25, 0.3) is 0 Å². The van der Waals surface area contributed by atoms with Crippen molar-refractivity contribution in [2.45, 2.75) is 45.7 Å². The molecule has 1 aromatic carbocycles. The zero-order chi connectivity index (χ0) is 14.0. The van der Waals surface area contributed by atoms with Gasteiger partial charge in [0.15, 0.2) is 0 Å². The van der Waals surface area contributed by atoms with Crippen LogP contribution in [0.2, 0.25) is 0 Å². The summed E-state index contributed by atoms with van der Waals surface area (Å²) in [6, 6.07) is 4.11. The van der Waals surface area contributed by atoms with E-state index < -0.39 is 0 Å². The van der Waals surface area contributed by atoms with Crippen LogP contribution in [0, 0.1) is 6.92 Å². The van der Waals surface area contributed by atoms with E-state index in [1.165, 1.54) is 0 Å². The van der Waals surface area contributed by atoms with Gasteiger partial charge < -0.3 is 15.8 Å². The van der Waals surface area contributed by atoms with Crippen LogP contribution in [0.1, 0.15) is 55.5 Å². The predicted octanol–water partition coefficient (Wildman–Crippen LogP) is 2.36. The Labute approximate surface area is 114 Å². The highest BCUT2D eigenvalue weighted by Gasteiger charge is 2.26. The molecule has 0 aliphatic carbocycles. The normalized spacial score (nSPS) is 19.3. The molecule has 3 N–H and O–H groups in total. The fraction of sp³-hybridized carbons (Fsp3) is 0.533. The lowest BCUT2D eigenvalue weighted by molar-refractivity contribution is -0.121. The van der Waals surface area contributed by atoms with Gasteiger partial charge in [-0.3, -0.25) is 4.79 Å². The summed E-state index contributed by atoms with van der Waals surface area (Å²) in [6.45, 7) is 6.47. The molecular formula is C15H22N2O2. The SMILES string of the molecule is CCC(=O)NC1CCOc2c(C(C)N)cc(C)cc21. The highest BCUT2D eigenvalue weighted by molar-refractivity contribution is 5.76. The van der Waals surface area contributed by atoms with E-state index in [0.29, 0.717) is 13.0 Å². The molecule has 0 aromatic heterocycles. The third kappa shape index (κ3) is 2.89. The summed E-state index contributed by atoms with van der Waals surface area (Å²) in [5.41, 5.74) is 9.23. The van der Waals surface area contributed by atoms with Crippen LogP contribution >= 0.6 is 0 Å². The standard InChI is InChI=1S/C15H22N2O2/c1-4-14(18)17-13-5-6-19-15-11(10(3)16)7-9(2)8-12(13)15/h7-8,10,13H,4-6,16H2,1-3H3,(H,17,18). The van der Waals surface area contributed by atoms with Crippen molar-refractivity contribution < 1.29 is 9.53 Å². The number of ether oxygens (including phenoxy) is 1. The Morgan fingerprint density at radius 3 is 2.95 bits per heavy atom. The average molecular weight is 262 g/mol. The summed E-state index contributed by atoms with van der Waals surface area (Å²) in [5.74, 6) is 0.926. The van der Waals surface area contributed by atoms with Gasteiger partial charge in [0.1, 0.15) is 5.75 Å². The van der Waals surface area contributed by atoms with E-state index in [1.807, 2.05) is 20.8 Å². The molecule has 0 fully saturated rings. The van der Waals surface area contributed by atoms with Gasteiger partial charge in [0.2, 0.25) is 5.91 Å². The van der Waals surface area contributed by atoms with E-state index in [2.05, 4.69) is 17.4 Å². The Balaban J connectivity index is 2.40. The van der Waals surface area contributed by atoms with Crippen LogP contribution in [0.5, 0.6) is 5.75 Å². The summed E-state index contributed by atoms with van der Waals surface area (Å²) in [4.78, 5) is 11.6. The first-order valence-corrected chi connectivity index (χ1v) is 6.85. The number of rotatable bonds is 3. The molecule has 0 saturated carbocycles. The van der Waals surface area contributed by atoms with Gasteiger partial charge in [-0.2, -0.15) is 0 Å². The second-order valence-electron chi connectivity index (χ2n) is 5.17. The van der Waals surface area contributed by atoms with Crippen LogP contribution < -0.4 is 15.8 Å². The largest absolute Gasteiger partial charge is 0.493 e. The van der Waals surface area contributed by atoms with Crippen LogP contribution in [0.4, 0.5) is 0 Å². The molecule has 4 nitrogen and oxygen atoms in total. The van der Waals surface area contributed by atoms with Crippen molar-refractivity contribution in [2.75, 3.05) is 6.61 Å². The van der Waals surface area contributed by atoms with Crippen LogP contribution in [0.3, 0.4) is 0 Å². The van der Waals surface area contributed by atoms with Gasteiger partial charge in [-0.05, 0) is 13.8 Å². The van der Waals surface area contributed by atoms with Gasteiger partial charge in [-0.25, -0.2) is 0 Å². The minimum Gasteiger partial charge on any atom is -0.493 e.